The summed E-state index contributed by atoms with van der Waals surface area (Å²) < 4.78 is 6.81. The second kappa shape index (κ2) is 7.06. The van der Waals surface area contributed by atoms with E-state index in [4.69, 9.17) is 10.5 Å². The Labute approximate surface area is 102 Å². The summed E-state index contributed by atoms with van der Waals surface area (Å²) in [6.07, 6.45) is 6.34. The van der Waals surface area contributed by atoms with Crippen LogP contribution in [0.25, 0.3) is 0 Å². The molecule has 1 heterocycles. The Balaban J connectivity index is 2.81. The van der Waals surface area contributed by atoms with Gasteiger partial charge in [-0.25, -0.2) is 9.78 Å². The lowest BCUT2D eigenvalue weighted by atomic mass is 10.1. The van der Waals surface area contributed by atoms with E-state index in [1.165, 1.54) is 6.20 Å². The van der Waals surface area contributed by atoms with Gasteiger partial charge in [0.1, 0.15) is 5.69 Å². The first-order valence-electron chi connectivity index (χ1n) is 6.13. The minimum atomic E-state index is -0.333. The fourth-order valence-corrected chi connectivity index (χ4v) is 1.77. The maximum Gasteiger partial charge on any atom is 0.356 e. The standard InChI is InChI=1S/C12H21N3O2/c1-3-5-6-10(7-13)15-9-14-8-11(15)12(16)17-4-2/h8-10H,3-7,13H2,1-2H3. The molecule has 1 aromatic heterocycles. The molecule has 1 aromatic rings. The van der Waals surface area contributed by atoms with Crippen LogP contribution in [0.15, 0.2) is 12.5 Å². The number of nitrogens with two attached hydrogens (primary N) is 1. The lowest BCUT2D eigenvalue weighted by molar-refractivity contribution is 0.0511. The van der Waals surface area contributed by atoms with Crippen molar-refractivity contribution < 1.29 is 9.53 Å². The quantitative estimate of drug-likeness (QED) is 0.736. The molecule has 1 atom stereocenters. The highest BCUT2D eigenvalue weighted by Gasteiger charge is 2.18. The fraction of sp³-hybridized carbons (Fsp3) is 0.667. The van der Waals surface area contributed by atoms with Crippen LogP contribution in [0.5, 0.6) is 0 Å². The summed E-state index contributed by atoms with van der Waals surface area (Å²) >= 11 is 0. The Morgan fingerprint density at radius 3 is 2.94 bits per heavy atom. The van der Waals surface area contributed by atoms with E-state index >= 15 is 0 Å². The smallest absolute Gasteiger partial charge is 0.356 e. The number of unbranched alkanes of at least 4 members (excludes halogenated alkanes) is 1. The van der Waals surface area contributed by atoms with Gasteiger partial charge in [-0.1, -0.05) is 19.8 Å². The largest absolute Gasteiger partial charge is 0.461 e. The van der Waals surface area contributed by atoms with Crippen LogP contribution in [0.2, 0.25) is 0 Å². The van der Waals surface area contributed by atoms with Crippen LogP contribution in [-0.2, 0) is 4.74 Å². The first-order valence-corrected chi connectivity index (χ1v) is 6.13. The minimum Gasteiger partial charge on any atom is -0.461 e. The molecule has 1 unspecified atom stereocenters. The summed E-state index contributed by atoms with van der Waals surface area (Å²) in [5.74, 6) is -0.333. The number of esters is 1. The van der Waals surface area contributed by atoms with Gasteiger partial charge in [0, 0.05) is 12.6 Å². The summed E-state index contributed by atoms with van der Waals surface area (Å²) in [6, 6.07) is 0.122. The highest BCUT2D eigenvalue weighted by molar-refractivity contribution is 5.87. The van der Waals surface area contributed by atoms with Gasteiger partial charge in [-0.2, -0.15) is 0 Å². The minimum absolute atomic E-state index is 0.122. The third kappa shape index (κ3) is 3.56. The molecule has 0 spiro atoms. The van der Waals surface area contributed by atoms with Crippen LogP contribution >= 0.6 is 0 Å². The molecule has 0 amide bonds. The molecule has 0 saturated carbocycles. The van der Waals surface area contributed by atoms with E-state index in [1.54, 1.807) is 13.3 Å². The van der Waals surface area contributed by atoms with Crippen molar-refractivity contribution in [1.29, 1.82) is 0 Å². The molecule has 0 radical (unpaired) electrons. The number of hydrogen-bond donors (Lipinski definition) is 1. The van der Waals surface area contributed by atoms with Crippen molar-refractivity contribution in [2.45, 2.75) is 39.2 Å². The van der Waals surface area contributed by atoms with Crippen molar-refractivity contribution in [2.75, 3.05) is 13.2 Å². The molecule has 0 aliphatic heterocycles. The molecule has 0 bridgehead atoms. The molecule has 17 heavy (non-hydrogen) atoms. The Kier molecular flexibility index (Phi) is 5.69. The molecular formula is C12H21N3O2. The number of carbonyl (C=O) groups excluding carboxylic acids is 1. The second-order valence-corrected chi connectivity index (χ2v) is 3.94. The second-order valence-electron chi connectivity index (χ2n) is 3.94. The lowest BCUT2D eigenvalue weighted by Crippen LogP contribution is -2.22. The number of nitrogens with zero attached hydrogens (tertiary/aromatic N) is 2. The Bertz CT molecular complexity index is 349. The number of carbonyl (C=O) groups is 1. The van der Waals surface area contributed by atoms with Gasteiger partial charge >= 0.3 is 5.97 Å². The van der Waals surface area contributed by atoms with Crippen molar-refractivity contribution in [3.63, 3.8) is 0 Å². The van der Waals surface area contributed by atoms with Gasteiger partial charge in [0.05, 0.1) is 19.1 Å². The highest BCUT2D eigenvalue weighted by Crippen LogP contribution is 2.17. The fourth-order valence-electron chi connectivity index (χ4n) is 1.77. The van der Waals surface area contributed by atoms with E-state index in [2.05, 4.69) is 11.9 Å². The highest BCUT2D eigenvalue weighted by atomic mass is 16.5. The van der Waals surface area contributed by atoms with Crippen molar-refractivity contribution in [1.82, 2.24) is 9.55 Å². The normalized spacial score (nSPS) is 12.4. The molecule has 0 saturated heterocycles. The van der Waals surface area contributed by atoms with Crippen molar-refractivity contribution in [2.24, 2.45) is 5.73 Å². The van der Waals surface area contributed by atoms with Gasteiger partial charge in [0.25, 0.3) is 0 Å². The zero-order chi connectivity index (χ0) is 12.7. The van der Waals surface area contributed by atoms with Crippen LogP contribution in [0.1, 0.15) is 49.6 Å². The first kappa shape index (κ1) is 13.7. The summed E-state index contributed by atoms with van der Waals surface area (Å²) in [7, 11) is 0. The third-order valence-corrected chi connectivity index (χ3v) is 2.71. The molecule has 0 aliphatic carbocycles. The summed E-state index contributed by atoms with van der Waals surface area (Å²) in [5.41, 5.74) is 6.23. The van der Waals surface area contributed by atoms with Gasteiger partial charge in [-0.3, -0.25) is 0 Å². The van der Waals surface area contributed by atoms with E-state index in [0.29, 0.717) is 18.8 Å². The zero-order valence-electron chi connectivity index (χ0n) is 10.6. The van der Waals surface area contributed by atoms with E-state index in [0.717, 1.165) is 19.3 Å². The van der Waals surface area contributed by atoms with Crippen LogP contribution in [0.3, 0.4) is 0 Å². The summed E-state index contributed by atoms with van der Waals surface area (Å²) in [6.45, 7) is 4.79. The van der Waals surface area contributed by atoms with E-state index in [-0.39, 0.29) is 12.0 Å². The van der Waals surface area contributed by atoms with E-state index < -0.39 is 0 Å². The molecule has 2 N–H and O–H groups in total. The Morgan fingerprint density at radius 2 is 2.35 bits per heavy atom. The average molecular weight is 239 g/mol. The molecule has 1 rings (SSSR count). The number of aromatic nitrogens is 2. The van der Waals surface area contributed by atoms with Crippen molar-refractivity contribution in [3.8, 4) is 0 Å². The molecule has 5 nitrogen and oxygen atoms in total. The van der Waals surface area contributed by atoms with Gasteiger partial charge in [0.2, 0.25) is 0 Å². The predicted octanol–water partition coefficient (Wildman–Crippen LogP) is 1.75. The first-order chi connectivity index (χ1) is 8.24. The SMILES string of the molecule is CCCCC(CN)n1cncc1C(=O)OCC. The van der Waals surface area contributed by atoms with Crippen LogP contribution in [0.4, 0.5) is 0 Å². The summed E-state index contributed by atoms with van der Waals surface area (Å²) in [5, 5.41) is 0. The van der Waals surface area contributed by atoms with E-state index in [1.807, 2.05) is 4.57 Å². The van der Waals surface area contributed by atoms with Crippen LogP contribution in [-0.4, -0.2) is 28.7 Å². The predicted molar refractivity (Wildman–Crippen MR) is 65.8 cm³/mol. The van der Waals surface area contributed by atoms with Crippen molar-refractivity contribution in [3.05, 3.63) is 18.2 Å². The van der Waals surface area contributed by atoms with Gasteiger partial charge < -0.3 is 15.0 Å². The van der Waals surface area contributed by atoms with Crippen molar-refractivity contribution >= 4 is 5.97 Å². The molecule has 0 fully saturated rings. The number of hydrogen-bond acceptors (Lipinski definition) is 4. The Morgan fingerprint density at radius 1 is 1.59 bits per heavy atom. The molecule has 96 valence electrons. The van der Waals surface area contributed by atoms with Gasteiger partial charge in [-0.05, 0) is 13.3 Å². The van der Waals surface area contributed by atoms with Crippen LogP contribution in [0, 0.1) is 0 Å². The molecule has 5 heteroatoms. The maximum atomic E-state index is 11.7. The zero-order valence-corrected chi connectivity index (χ0v) is 10.6. The topological polar surface area (TPSA) is 70.1 Å². The maximum absolute atomic E-state index is 11.7. The molecule has 0 aromatic carbocycles. The average Bonchev–Trinajstić information content (AvgIpc) is 2.80. The number of ether oxygens (including phenoxy) is 1. The molecule has 0 aliphatic rings. The lowest BCUT2D eigenvalue weighted by Gasteiger charge is -2.18. The van der Waals surface area contributed by atoms with Crippen LogP contribution < -0.4 is 5.73 Å². The Hall–Kier alpha value is -1.36. The van der Waals surface area contributed by atoms with Gasteiger partial charge in [-0.15, -0.1) is 0 Å². The van der Waals surface area contributed by atoms with E-state index in [9.17, 15) is 4.79 Å². The molecular weight excluding hydrogens is 218 g/mol. The third-order valence-electron chi connectivity index (χ3n) is 2.71. The number of imidazole rings is 1. The summed E-state index contributed by atoms with van der Waals surface area (Å²) in [4.78, 5) is 15.7. The number of rotatable bonds is 7. The monoisotopic (exact) mass is 239 g/mol. The van der Waals surface area contributed by atoms with Gasteiger partial charge in [0.15, 0.2) is 0 Å².